The van der Waals surface area contributed by atoms with E-state index in [1.54, 1.807) is 21.0 Å². The van der Waals surface area contributed by atoms with Crippen LogP contribution in [-0.4, -0.2) is 149 Å². The summed E-state index contributed by atoms with van der Waals surface area (Å²) in [5.74, 6) is -0.290. The number of carbonyl (C=O) groups is 2. The fourth-order valence-electron chi connectivity index (χ4n) is 4.40. The van der Waals surface area contributed by atoms with Crippen molar-refractivity contribution in [1.82, 2.24) is 0 Å². The molecule has 0 aromatic heterocycles. The third-order valence-electron chi connectivity index (χ3n) is 7.22. The van der Waals surface area contributed by atoms with Crippen molar-refractivity contribution in [3.05, 3.63) is 47.5 Å². The molecule has 0 amide bonds. The Morgan fingerprint density at radius 2 is 0.755 bits per heavy atom. The molecular weight excluding hydrogens is 799 g/mol. The third kappa shape index (κ3) is 22.8. The summed E-state index contributed by atoms with van der Waals surface area (Å²) in [6.07, 6.45) is 5.84. The number of hydrogen-bond acceptors (Lipinski definition) is 12. The minimum Gasteiger partial charge on any atom is -0.487 e. The summed E-state index contributed by atoms with van der Waals surface area (Å²) in [6.45, 7) is 11.4. The Balaban J connectivity index is 0.000000300. The van der Waals surface area contributed by atoms with Gasteiger partial charge in [0.2, 0.25) is 0 Å². The van der Waals surface area contributed by atoms with Crippen LogP contribution in [0.5, 0.6) is 23.0 Å². The fourth-order valence-corrected chi connectivity index (χ4v) is 8.56. The van der Waals surface area contributed by atoms with E-state index in [4.69, 9.17) is 57.6 Å². The van der Waals surface area contributed by atoms with Crippen molar-refractivity contribution in [2.75, 3.05) is 106 Å². The number of rotatable bonds is 8. The van der Waals surface area contributed by atoms with Crippen molar-refractivity contribution in [3.8, 4) is 23.0 Å². The van der Waals surface area contributed by atoms with Crippen LogP contribution in [0.15, 0.2) is 36.4 Å². The SMILES string of the molecule is CCC[CH2][Sn][CH2]CCC.O=C(O)c1ccc2c(c1)OCCOCCOCCOCCO2.O=C(O)c1ccc2c(c1)OCCOCCOCCOCCO2. The van der Waals surface area contributed by atoms with Gasteiger partial charge < -0.3 is 57.6 Å². The van der Waals surface area contributed by atoms with E-state index in [0.29, 0.717) is 129 Å². The standard InChI is InChI=1S/2C15H20O7.2C4H9.Sn/c2*16-15(17)12-1-2-13-14(11-12)22-10-8-20-6-4-18-3-5-19-7-9-21-13;2*1-3-4-2;/h2*1-2,11H,3-10H2,(H,16,17);2*1,3-4H2,2H3;. The van der Waals surface area contributed by atoms with Gasteiger partial charge in [0.15, 0.2) is 23.0 Å². The number of carboxylic acids is 2. The second-order valence-corrected chi connectivity index (χ2v) is 15.7. The monoisotopic (exact) mass is 858 g/mol. The van der Waals surface area contributed by atoms with Gasteiger partial charge in [-0.3, -0.25) is 0 Å². The molecule has 0 saturated heterocycles. The van der Waals surface area contributed by atoms with E-state index in [2.05, 4.69) is 13.8 Å². The van der Waals surface area contributed by atoms with Gasteiger partial charge in [-0.15, -0.1) is 0 Å². The molecule has 298 valence electrons. The summed E-state index contributed by atoms with van der Waals surface area (Å²) in [4.78, 5) is 22.1. The number of carboxylic acid groups (broad SMARTS) is 2. The zero-order valence-corrected chi connectivity index (χ0v) is 34.2. The molecular formula is C38H58O14Sn. The van der Waals surface area contributed by atoms with Crippen molar-refractivity contribution >= 4 is 33.1 Å². The average Bonchev–Trinajstić information content (AvgIpc) is 3.17. The van der Waals surface area contributed by atoms with Crippen LogP contribution in [0.4, 0.5) is 0 Å². The molecule has 4 rings (SSSR count). The first-order valence-corrected chi connectivity index (χ1v) is 22.4. The molecule has 0 unspecified atom stereocenters. The number of benzene rings is 2. The van der Waals surface area contributed by atoms with Gasteiger partial charge in [0, 0.05) is 0 Å². The summed E-state index contributed by atoms with van der Waals surface area (Å²) in [5.41, 5.74) is 0.289. The number of fused-ring (bicyclic) bond motifs is 2. The molecule has 2 aromatic carbocycles. The molecule has 0 bridgehead atoms. The average molecular weight is 858 g/mol. The van der Waals surface area contributed by atoms with Gasteiger partial charge in [0.25, 0.3) is 0 Å². The Morgan fingerprint density at radius 3 is 1.04 bits per heavy atom. The predicted molar refractivity (Wildman–Crippen MR) is 199 cm³/mol. The molecule has 2 aliphatic heterocycles. The summed E-state index contributed by atoms with van der Waals surface area (Å²) < 4.78 is 57.6. The van der Waals surface area contributed by atoms with E-state index in [1.165, 1.54) is 49.9 Å². The van der Waals surface area contributed by atoms with Crippen molar-refractivity contribution in [3.63, 3.8) is 0 Å². The molecule has 2 radical (unpaired) electrons. The van der Waals surface area contributed by atoms with Crippen LogP contribution in [0.2, 0.25) is 8.87 Å². The first-order valence-electron chi connectivity index (χ1n) is 18.4. The van der Waals surface area contributed by atoms with Gasteiger partial charge >= 0.3 is 81.5 Å². The maximum atomic E-state index is 11.0. The van der Waals surface area contributed by atoms with E-state index in [0.717, 1.165) is 0 Å². The van der Waals surface area contributed by atoms with Gasteiger partial charge in [-0.1, -0.05) is 0 Å². The molecule has 2 heterocycles. The van der Waals surface area contributed by atoms with Crippen molar-refractivity contribution in [2.45, 2.75) is 48.4 Å². The van der Waals surface area contributed by atoms with E-state index >= 15 is 0 Å². The molecule has 2 N–H and O–H groups in total. The minimum atomic E-state index is -1.01. The van der Waals surface area contributed by atoms with E-state index < -0.39 is 11.9 Å². The van der Waals surface area contributed by atoms with Gasteiger partial charge in [0.05, 0.1) is 90.4 Å². The Bertz CT molecular complexity index is 1150. The Hall–Kier alpha value is -2.86. The maximum Gasteiger partial charge on any atom is 0.335 e. The molecule has 0 saturated carbocycles. The van der Waals surface area contributed by atoms with Gasteiger partial charge in [-0.25, -0.2) is 9.59 Å². The van der Waals surface area contributed by atoms with E-state index in [-0.39, 0.29) is 32.3 Å². The largest absolute Gasteiger partial charge is 0.487 e. The topological polar surface area (TPSA) is 167 Å². The summed E-state index contributed by atoms with van der Waals surface area (Å²) in [5, 5.41) is 18.1. The quantitative estimate of drug-likeness (QED) is 0.251. The predicted octanol–water partition coefficient (Wildman–Crippen LogP) is 5.54. The number of ether oxygens (including phenoxy) is 10. The third-order valence-corrected chi connectivity index (χ3v) is 11.3. The van der Waals surface area contributed by atoms with Gasteiger partial charge in [-0.2, -0.15) is 0 Å². The summed E-state index contributed by atoms with van der Waals surface area (Å²) in [6, 6.07) is 9.01. The Kier molecular flexibility index (Phi) is 27.5. The van der Waals surface area contributed by atoms with E-state index in [1.807, 2.05) is 0 Å². The molecule has 0 spiro atoms. The molecule has 0 aliphatic carbocycles. The molecule has 2 aliphatic rings. The Labute approximate surface area is 323 Å². The zero-order chi connectivity index (χ0) is 38.2. The van der Waals surface area contributed by atoms with Crippen molar-refractivity contribution in [1.29, 1.82) is 0 Å². The van der Waals surface area contributed by atoms with Crippen LogP contribution in [0.3, 0.4) is 0 Å². The van der Waals surface area contributed by atoms with Crippen LogP contribution in [0.1, 0.15) is 60.2 Å². The molecule has 2 aromatic rings. The van der Waals surface area contributed by atoms with Crippen LogP contribution in [0, 0.1) is 0 Å². The van der Waals surface area contributed by atoms with Gasteiger partial charge in [-0.05, 0) is 36.4 Å². The van der Waals surface area contributed by atoms with E-state index in [9.17, 15) is 9.59 Å². The second-order valence-electron chi connectivity index (χ2n) is 11.5. The van der Waals surface area contributed by atoms with Crippen molar-refractivity contribution < 1.29 is 67.2 Å². The maximum absolute atomic E-state index is 11.0. The second kappa shape index (κ2) is 31.5. The minimum absolute atomic E-state index is 0.144. The summed E-state index contributed by atoms with van der Waals surface area (Å²) >= 11 is 0.149. The van der Waals surface area contributed by atoms with Crippen LogP contribution < -0.4 is 18.9 Å². The molecule has 14 nitrogen and oxygen atoms in total. The fraction of sp³-hybridized carbons (Fsp3) is 0.632. The van der Waals surface area contributed by atoms with Crippen molar-refractivity contribution in [2.24, 2.45) is 0 Å². The number of aromatic carboxylic acids is 2. The smallest absolute Gasteiger partial charge is 0.335 e. The molecule has 0 fully saturated rings. The number of hydrogen-bond donors (Lipinski definition) is 2. The van der Waals surface area contributed by atoms with Gasteiger partial charge in [0.1, 0.15) is 26.4 Å². The van der Waals surface area contributed by atoms with Crippen LogP contribution in [-0.2, 0) is 28.4 Å². The first-order chi connectivity index (χ1) is 26.0. The summed E-state index contributed by atoms with van der Waals surface area (Å²) in [7, 11) is 0. The Morgan fingerprint density at radius 1 is 0.472 bits per heavy atom. The number of unbranched alkanes of at least 4 members (excludes halogenated alkanes) is 2. The van der Waals surface area contributed by atoms with Crippen LogP contribution >= 0.6 is 0 Å². The molecule has 0 atom stereocenters. The first kappa shape index (κ1) is 46.3. The normalized spacial score (nSPS) is 16.6. The zero-order valence-electron chi connectivity index (χ0n) is 31.3. The molecule has 53 heavy (non-hydrogen) atoms. The molecule has 15 heteroatoms. The van der Waals surface area contributed by atoms with Crippen LogP contribution in [0.25, 0.3) is 0 Å².